The average Bonchev–Trinajstić information content (AvgIpc) is 3.30. The van der Waals surface area contributed by atoms with Gasteiger partial charge in [-0.3, -0.25) is 9.59 Å². The number of nitrogens with two attached hydrogens (primary N) is 1. The molecule has 35 heavy (non-hydrogen) atoms. The summed E-state index contributed by atoms with van der Waals surface area (Å²) in [5.41, 5.74) is 4.47. The molecule has 1 fully saturated rings. The first-order chi connectivity index (χ1) is 16.7. The lowest BCUT2D eigenvalue weighted by Gasteiger charge is -2.26. The maximum Gasteiger partial charge on any atom is 0.286 e. The molecule has 1 aromatic carbocycles. The number of aromatic hydroxyl groups is 1. The first-order valence-corrected chi connectivity index (χ1v) is 13.1. The van der Waals surface area contributed by atoms with Crippen LogP contribution in [0.4, 0.5) is 5.69 Å². The van der Waals surface area contributed by atoms with E-state index in [0.717, 1.165) is 19.3 Å². The molecule has 0 unspecified atom stereocenters. The standard InChI is InChI=1S/C22H21N5O6S2/c23-17(28)11-33-13-6-7-14-16(9-13)35(31,32)26-21(24-14)18-20(29)19(15-5-2-8-34-15)25-27(22(18)30)10-12-3-1-4-12/h2,5-9,12,29H,1,3-4,10-11H2,(H2,23,28)(H,24,26). The number of nitrogens with zero attached hydrogens (tertiary/aromatic N) is 3. The van der Waals surface area contributed by atoms with Crippen LogP contribution < -0.4 is 21.3 Å². The highest BCUT2D eigenvalue weighted by Crippen LogP contribution is 2.36. The lowest BCUT2D eigenvalue weighted by atomic mass is 9.85. The fourth-order valence-corrected chi connectivity index (χ4v) is 5.74. The van der Waals surface area contributed by atoms with E-state index in [1.807, 2.05) is 5.38 Å². The molecule has 4 N–H and O–H groups in total. The van der Waals surface area contributed by atoms with Crippen LogP contribution in [-0.2, 0) is 21.4 Å². The molecule has 1 aliphatic carbocycles. The molecule has 11 nitrogen and oxygen atoms in total. The van der Waals surface area contributed by atoms with Crippen LogP contribution in [0.2, 0.25) is 0 Å². The summed E-state index contributed by atoms with van der Waals surface area (Å²) in [4.78, 5) is 24.8. The van der Waals surface area contributed by atoms with E-state index < -0.39 is 33.8 Å². The molecular weight excluding hydrogens is 494 g/mol. The number of fused-ring (bicyclic) bond motifs is 1. The summed E-state index contributed by atoms with van der Waals surface area (Å²) < 4.78 is 36.3. The number of carbonyl (C=O) groups excluding carboxylic acids is 1. The first kappa shape index (κ1) is 23.1. The molecule has 2 aromatic heterocycles. The topological polar surface area (TPSA) is 166 Å². The van der Waals surface area contributed by atoms with E-state index in [-0.39, 0.29) is 33.4 Å². The SMILES string of the molecule is NC(=O)COc1ccc2c(c1)S(=O)(=O)N=C(c1c(O)c(-c3cccs3)nn(CC3CCC3)c1=O)N2. The lowest BCUT2D eigenvalue weighted by Crippen LogP contribution is -2.36. The molecule has 0 saturated heterocycles. The molecule has 3 heterocycles. The van der Waals surface area contributed by atoms with Gasteiger partial charge in [-0.1, -0.05) is 12.5 Å². The van der Waals surface area contributed by atoms with Crippen molar-refractivity contribution in [2.45, 2.75) is 30.7 Å². The van der Waals surface area contributed by atoms with Crippen molar-refractivity contribution in [3.8, 4) is 22.1 Å². The molecular formula is C22H21N5O6S2. The number of thiophene rings is 1. The van der Waals surface area contributed by atoms with Gasteiger partial charge in [0.05, 0.1) is 10.6 Å². The number of anilines is 1. The monoisotopic (exact) mass is 515 g/mol. The van der Waals surface area contributed by atoms with E-state index in [1.165, 1.54) is 34.2 Å². The minimum Gasteiger partial charge on any atom is -0.505 e. The van der Waals surface area contributed by atoms with Crippen molar-refractivity contribution in [2.24, 2.45) is 16.0 Å². The van der Waals surface area contributed by atoms with Crippen molar-refractivity contribution >= 4 is 38.8 Å². The van der Waals surface area contributed by atoms with Crippen molar-refractivity contribution < 1.29 is 23.1 Å². The first-order valence-electron chi connectivity index (χ1n) is 10.8. The summed E-state index contributed by atoms with van der Waals surface area (Å²) in [6.07, 6.45) is 3.02. The minimum absolute atomic E-state index is 0.112. The van der Waals surface area contributed by atoms with Crippen LogP contribution in [0.15, 0.2) is 49.8 Å². The van der Waals surface area contributed by atoms with Crippen molar-refractivity contribution in [3.63, 3.8) is 0 Å². The highest BCUT2D eigenvalue weighted by Gasteiger charge is 2.32. The highest BCUT2D eigenvalue weighted by molar-refractivity contribution is 7.90. The van der Waals surface area contributed by atoms with Gasteiger partial charge in [-0.25, -0.2) is 4.68 Å². The zero-order valence-corrected chi connectivity index (χ0v) is 19.9. The third kappa shape index (κ3) is 4.39. The molecule has 1 amide bonds. The maximum absolute atomic E-state index is 13.4. The molecule has 1 aliphatic heterocycles. The predicted molar refractivity (Wildman–Crippen MR) is 129 cm³/mol. The normalized spacial score (nSPS) is 16.5. The Morgan fingerprint density at radius 1 is 1.31 bits per heavy atom. The molecule has 182 valence electrons. The Morgan fingerprint density at radius 2 is 2.11 bits per heavy atom. The molecule has 2 aliphatic rings. The molecule has 13 heteroatoms. The van der Waals surface area contributed by atoms with Crippen LogP contribution in [0.5, 0.6) is 11.5 Å². The number of sulfonamides is 1. The summed E-state index contributed by atoms with van der Waals surface area (Å²) in [5, 5.41) is 20.1. The second-order valence-corrected chi connectivity index (χ2v) is 10.8. The van der Waals surface area contributed by atoms with Crippen molar-refractivity contribution in [2.75, 3.05) is 11.9 Å². The Morgan fingerprint density at radius 3 is 2.77 bits per heavy atom. The van der Waals surface area contributed by atoms with E-state index in [4.69, 9.17) is 10.5 Å². The van der Waals surface area contributed by atoms with Gasteiger partial charge >= 0.3 is 0 Å². The Balaban J connectivity index is 1.61. The number of primary amides is 1. The van der Waals surface area contributed by atoms with E-state index in [2.05, 4.69) is 14.8 Å². The number of ether oxygens (including phenoxy) is 1. The third-order valence-electron chi connectivity index (χ3n) is 5.85. The number of amidine groups is 1. The number of nitrogens with one attached hydrogen (secondary N) is 1. The van der Waals surface area contributed by atoms with Crippen molar-refractivity contribution in [1.82, 2.24) is 9.78 Å². The minimum atomic E-state index is -4.28. The van der Waals surface area contributed by atoms with Gasteiger partial charge in [0.2, 0.25) is 0 Å². The van der Waals surface area contributed by atoms with Gasteiger partial charge in [0.1, 0.15) is 21.9 Å². The number of amides is 1. The van der Waals surface area contributed by atoms with Crippen LogP contribution in [0, 0.1) is 5.92 Å². The Bertz CT molecular complexity index is 1510. The number of hydrogen-bond acceptors (Lipinski definition) is 9. The molecule has 1 saturated carbocycles. The van der Waals surface area contributed by atoms with Gasteiger partial charge in [0.25, 0.3) is 21.5 Å². The molecule has 0 atom stereocenters. The van der Waals surface area contributed by atoms with Gasteiger partial charge in [-0.05, 0) is 42.3 Å². The second kappa shape index (κ2) is 8.82. The molecule has 5 rings (SSSR count). The van der Waals surface area contributed by atoms with E-state index in [9.17, 15) is 23.1 Å². The Hall–Kier alpha value is -3.71. The van der Waals surface area contributed by atoms with Crippen LogP contribution in [0.25, 0.3) is 10.6 Å². The summed E-state index contributed by atoms with van der Waals surface area (Å²) in [6.45, 7) is -0.0562. The third-order valence-corrected chi connectivity index (χ3v) is 8.05. The van der Waals surface area contributed by atoms with Gasteiger partial charge in [-0.2, -0.15) is 13.5 Å². The van der Waals surface area contributed by atoms with E-state index >= 15 is 0 Å². The summed E-state index contributed by atoms with van der Waals surface area (Å²) >= 11 is 1.33. The van der Waals surface area contributed by atoms with Gasteiger partial charge < -0.3 is 20.9 Å². The molecule has 0 bridgehead atoms. The summed E-state index contributed by atoms with van der Waals surface area (Å²) in [5.74, 6) is -1.06. The van der Waals surface area contributed by atoms with Crippen LogP contribution in [0.3, 0.4) is 0 Å². The van der Waals surface area contributed by atoms with Crippen LogP contribution in [0.1, 0.15) is 24.8 Å². The smallest absolute Gasteiger partial charge is 0.286 e. The number of carbonyl (C=O) groups is 1. The average molecular weight is 516 g/mol. The molecule has 0 radical (unpaired) electrons. The number of hydrogen-bond donors (Lipinski definition) is 3. The van der Waals surface area contributed by atoms with Gasteiger partial charge in [0.15, 0.2) is 18.2 Å². The van der Waals surface area contributed by atoms with Crippen molar-refractivity contribution in [3.05, 3.63) is 51.6 Å². The quantitative estimate of drug-likeness (QED) is 0.429. The fraction of sp³-hybridized carbons (Fsp3) is 0.273. The highest BCUT2D eigenvalue weighted by atomic mass is 32.2. The largest absolute Gasteiger partial charge is 0.505 e. The zero-order chi connectivity index (χ0) is 24.7. The maximum atomic E-state index is 13.4. The summed E-state index contributed by atoms with van der Waals surface area (Å²) in [6, 6.07) is 7.62. The predicted octanol–water partition coefficient (Wildman–Crippen LogP) is 1.90. The number of rotatable bonds is 7. The van der Waals surface area contributed by atoms with Crippen molar-refractivity contribution in [1.29, 1.82) is 0 Å². The summed E-state index contributed by atoms with van der Waals surface area (Å²) in [7, 11) is -4.28. The second-order valence-electron chi connectivity index (χ2n) is 8.29. The van der Waals surface area contributed by atoms with Crippen LogP contribution in [-0.4, -0.2) is 41.7 Å². The Labute approximate surface area is 203 Å². The van der Waals surface area contributed by atoms with E-state index in [0.29, 0.717) is 17.3 Å². The van der Waals surface area contributed by atoms with Crippen LogP contribution >= 0.6 is 11.3 Å². The van der Waals surface area contributed by atoms with Gasteiger partial charge in [-0.15, -0.1) is 15.7 Å². The number of benzene rings is 1. The number of aromatic nitrogens is 2. The Kier molecular flexibility index (Phi) is 5.81. The fourth-order valence-electron chi connectivity index (χ4n) is 3.89. The van der Waals surface area contributed by atoms with Gasteiger partial charge in [0, 0.05) is 12.6 Å². The lowest BCUT2D eigenvalue weighted by molar-refractivity contribution is -0.119. The molecule has 3 aromatic rings. The zero-order valence-electron chi connectivity index (χ0n) is 18.3. The van der Waals surface area contributed by atoms with E-state index in [1.54, 1.807) is 12.1 Å². The molecule has 0 spiro atoms.